The summed E-state index contributed by atoms with van der Waals surface area (Å²) in [7, 11) is 0. The number of hydrogen-bond donors (Lipinski definition) is 2. The Morgan fingerprint density at radius 1 is 1.33 bits per heavy atom. The van der Waals surface area contributed by atoms with Crippen LogP contribution in [0.2, 0.25) is 0 Å². The van der Waals surface area contributed by atoms with Gasteiger partial charge in [-0.05, 0) is 38.3 Å². The molecule has 2 aromatic rings. The number of pyridine rings is 1. The molecule has 0 aromatic carbocycles. The van der Waals surface area contributed by atoms with Crippen molar-refractivity contribution in [1.82, 2.24) is 20.5 Å². The van der Waals surface area contributed by atoms with Gasteiger partial charge in [0, 0.05) is 48.1 Å². The molecule has 0 unspecified atom stereocenters. The molecule has 2 fully saturated rings. The van der Waals surface area contributed by atoms with Crippen LogP contribution >= 0.6 is 0 Å². The molecule has 2 atom stereocenters. The van der Waals surface area contributed by atoms with E-state index in [-0.39, 0.29) is 0 Å². The fraction of sp³-hybridized carbons (Fsp3) is 0.579. The number of nitrogens with zero attached hydrogens (tertiary/aromatic N) is 2. The second kappa shape index (κ2) is 6.65. The molecule has 128 valence electrons. The summed E-state index contributed by atoms with van der Waals surface area (Å²) in [6.07, 6.45) is 12.5. The van der Waals surface area contributed by atoms with Gasteiger partial charge in [0.05, 0.1) is 18.0 Å². The van der Waals surface area contributed by atoms with Crippen LogP contribution in [-0.2, 0) is 11.3 Å². The molecule has 2 heterocycles. The first-order valence-electron chi connectivity index (χ1n) is 9.11. The summed E-state index contributed by atoms with van der Waals surface area (Å²) in [6.45, 7) is 3.77. The average Bonchev–Trinajstić information content (AvgIpc) is 3.29. The van der Waals surface area contributed by atoms with Gasteiger partial charge < -0.3 is 10.1 Å². The van der Waals surface area contributed by atoms with Gasteiger partial charge in [-0.3, -0.25) is 10.1 Å². The predicted octanol–water partition coefficient (Wildman–Crippen LogP) is 3.30. The van der Waals surface area contributed by atoms with E-state index in [2.05, 4.69) is 33.5 Å². The van der Waals surface area contributed by atoms with Crippen LogP contribution in [-0.4, -0.2) is 33.9 Å². The SMILES string of the molecule is CCO[C@@H]1C[C@@H](NCc2cn[nH]c2-c2cccnc2)C12CCCC2. The van der Waals surface area contributed by atoms with Crippen molar-refractivity contribution in [1.29, 1.82) is 0 Å². The Morgan fingerprint density at radius 2 is 2.21 bits per heavy atom. The van der Waals surface area contributed by atoms with Gasteiger partial charge in [0.15, 0.2) is 0 Å². The summed E-state index contributed by atoms with van der Waals surface area (Å²) in [4.78, 5) is 4.21. The Labute approximate surface area is 143 Å². The minimum Gasteiger partial charge on any atom is -0.378 e. The quantitative estimate of drug-likeness (QED) is 0.855. The Morgan fingerprint density at radius 3 is 2.96 bits per heavy atom. The van der Waals surface area contributed by atoms with Crippen LogP contribution in [0.1, 0.15) is 44.6 Å². The minimum absolute atomic E-state index is 0.369. The summed E-state index contributed by atoms with van der Waals surface area (Å²) in [5.74, 6) is 0. The number of H-pyrrole nitrogens is 1. The number of ether oxygens (including phenoxy) is 1. The fourth-order valence-electron chi connectivity index (χ4n) is 4.61. The first-order chi connectivity index (χ1) is 11.8. The molecule has 0 saturated heterocycles. The Hall–Kier alpha value is -1.72. The summed E-state index contributed by atoms with van der Waals surface area (Å²) in [5.41, 5.74) is 3.73. The van der Waals surface area contributed by atoms with E-state index in [4.69, 9.17) is 4.74 Å². The molecule has 2 aliphatic carbocycles. The van der Waals surface area contributed by atoms with Crippen LogP contribution in [0.25, 0.3) is 11.3 Å². The lowest BCUT2D eigenvalue weighted by atomic mass is 9.60. The third-order valence-corrected chi connectivity index (χ3v) is 5.89. The maximum Gasteiger partial charge on any atom is 0.0710 e. The molecule has 2 saturated carbocycles. The fourth-order valence-corrected chi connectivity index (χ4v) is 4.61. The molecular weight excluding hydrogens is 300 g/mol. The molecule has 2 N–H and O–H groups in total. The zero-order chi connectivity index (χ0) is 16.4. The summed E-state index contributed by atoms with van der Waals surface area (Å²) < 4.78 is 6.01. The second-order valence-electron chi connectivity index (χ2n) is 7.07. The lowest BCUT2D eigenvalue weighted by Gasteiger charge is -2.54. The highest BCUT2D eigenvalue weighted by atomic mass is 16.5. The maximum absolute atomic E-state index is 6.01. The van der Waals surface area contributed by atoms with E-state index in [0.717, 1.165) is 30.8 Å². The van der Waals surface area contributed by atoms with Crippen molar-refractivity contribution in [3.05, 3.63) is 36.3 Å². The van der Waals surface area contributed by atoms with Crippen molar-refractivity contribution in [3.8, 4) is 11.3 Å². The van der Waals surface area contributed by atoms with Gasteiger partial charge in [-0.25, -0.2) is 0 Å². The summed E-state index contributed by atoms with van der Waals surface area (Å²) in [5, 5.41) is 11.1. The van der Waals surface area contributed by atoms with Crippen LogP contribution in [0.3, 0.4) is 0 Å². The molecule has 5 heteroatoms. The molecule has 5 nitrogen and oxygen atoms in total. The van der Waals surface area contributed by atoms with Crippen molar-refractivity contribution in [3.63, 3.8) is 0 Å². The lowest BCUT2D eigenvalue weighted by Crippen LogP contribution is -2.62. The summed E-state index contributed by atoms with van der Waals surface area (Å²) in [6, 6.07) is 4.59. The number of rotatable bonds is 6. The average molecular weight is 326 g/mol. The molecule has 0 amide bonds. The van der Waals surface area contributed by atoms with Crippen molar-refractivity contribution in [2.24, 2.45) is 5.41 Å². The highest BCUT2D eigenvalue weighted by molar-refractivity contribution is 5.61. The van der Waals surface area contributed by atoms with Gasteiger partial charge >= 0.3 is 0 Å². The van der Waals surface area contributed by atoms with E-state index < -0.39 is 0 Å². The number of nitrogens with one attached hydrogen (secondary N) is 2. The van der Waals surface area contributed by atoms with Gasteiger partial charge in [0.25, 0.3) is 0 Å². The number of aromatic nitrogens is 3. The van der Waals surface area contributed by atoms with Crippen LogP contribution in [0.5, 0.6) is 0 Å². The second-order valence-corrected chi connectivity index (χ2v) is 7.07. The molecule has 1 spiro atoms. The van der Waals surface area contributed by atoms with E-state index in [1.165, 1.54) is 31.2 Å². The van der Waals surface area contributed by atoms with Gasteiger partial charge in [0.1, 0.15) is 0 Å². The normalized spacial score (nSPS) is 25.0. The standard InChI is InChI=1S/C19H26N4O/c1-2-24-17-10-16(19(17)7-3-4-8-19)21-12-15-13-22-23-18(15)14-6-5-9-20-11-14/h5-6,9,11,13,16-17,21H,2-4,7-8,10,12H2,1H3,(H,22,23)/t16-,17-/m1/s1. The van der Waals surface area contributed by atoms with E-state index in [1.54, 1.807) is 6.20 Å². The minimum atomic E-state index is 0.369. The Kier molecular flexibility index (Phi) is 4.37. The smallest absolute Gasteiger partial charge is 0.0710 e. The van der Waals surface area contributed by atoms with Crippen LogP contribution in [0.4, 0.5) is 0 Å². The maximum atomic E-state index is 6.01. The van der Waals surface area contributed by atoms with Crippen molar-refractivity contribution < 1.29 is 4.74 Å². The van der Waals surface area contributed by atoms with Gasteiger partial charge in [0.2, 0.25) is 0 Å². The molecule has 2 aliphatic rings. The molecule has 0 radical (unpaired) electrons. The topological polar surface area (TPSA) is 62.8 Å². The number of hydrogen-bond acceptors (Lipinski definition) is 4. The van der Waals surface area contributed by atoms with Crippen molar-refractivity contribution in [2.75, 3.05) is 6.61 Å². The first kappa shape index (κ1) is 15.8. The molecule has 0 aliphatic heterocycles. The lowest BCUT2D eigenvalue weighted by molar-refractivity contribution is -0.130. The van der Waals surface area contributed by atoms with E-state index >= 15 is 0 Å². The Bertz CT molecular complexity index is 663. The number of aromatic amines is 1. The van der Waals surface area contributed by atoms with E-state index in [9.17, 15) is 0 Å². The molecule has 24 heavy (non-hydrogen) atoms. The van der Waals surface area contributed by atoms with Crippen molar-refractivity contribution in [2.45, 2.75) is 57.7 Å². The molecular formula is C19H26N4O. The zero-order valence-electron chi connectivity index (χ0n) is 14.3. The Balaban J connectivity index is 1.44. The monoisotopic (exact) mass is 326 g/mol. The van der Waals surface area contributed by atoms with E-state index in [1.807, 2.05) is 18.5 Å². The highest BCUT2D eigenvalue weighted by Gasteiger charge is 2.56. The van der Waals surface area contributed by atoms with Gasteiger partial charge in [-0.1, -0.05) is 12.8 Å². The van der Waals surface area contributed by atoms with E-state index in [0.29, 0.717) is 17.6 Å². The zero-order valence-corrected chi connectivity index (χ0v) is 14.3. The third kappa shape index (κ3) is 2.66. The molecule has 2 aromatic heterocycles. The van der Waals surface area contributed by atoms with Crippen LogP contribution in [0, 0.1) is 5.41 Å². The predicted molar refractivity (Wildman–Crippen MR) is 93.4 cm³/mol. The van der Waals surface area contributed by atoms with Crippen molar-refractivity contribution >= 4 is 0 Å². The van der Waals surface area contributed by atoms with Gasteiger partial charge in [-0.15, -0.1) is 0 Å². The highest BCUT2D eigenvalue weighted by Crippen LogP contribution is 2.54. The largest absolute Gasteiger partial charge is 0.378 e. The third-order valence-electron chi connectivity index (χ3n) is 5.89. The van der Waals surface area contributed by atoms with Gasteiger partial charge in [-0.2, -0.15) is 5.10 Å². The molecule has 0 bridgehead atoms. The summed E-state index contributed by atoms with van der Waals surface area (Å²) >= 11 is 0. The molecule has 4 rings (SSSR count). The van der Waals surface area contributed by atoms with Crippen LogP contribution < -0.4 is 5.32 Å². The first-order valence-corrected chi connectivity index (χ1v) is 9.11. The van der Waals surface area contributed by atoms with Crippen LogP contribution in [0.15, 0.2) is 30.7 Å².